The highest BCUT2D eigenvalue weighted by atomic mass is 35.5. The summed E-state index contributed by atoms with van der Waals surface area (Å²) in [6.45, 7) is 2.82. The summed E-state index contributed by atoms with van der Waals surface area (Å²) in [5.74, 6) is 1.09. The molecule has 0 amide bonds. The number of imidazole rings is 1. The summed E-state index contributed by atoms with van der Waals surface area (Å²) in [5.41, 5.74) is 1.24. The quantitative estimate of drug-likeness (QED) is 0.461. The molecule has 2 atom stereocenters. The Balaban J connectivity index is 1.75. The van der Waals surface area contributed by atoms with Crippen LogP contribution >= 0.6 is 35.1 Å². The first-order valence-electron chi connectivity index (χ1n) is 8.39. The van der Waals surface area contributed by atoms with E-state index in [2.05, 4.69) is 28.9 Å². The molecule has 9 heteroatoms. The number of aryl methyl sites for hydroxylation is 1. The van der Waals surface area contributed by atoms with Gasteiger partial charge in [0.15, 0.2) is 0 Å². The SMILES string of the molecule is CCC1CSC(CCc2ccc(Cl)cc2)(Cn2ccnc2O[N+](=O)[O-])S1. The largest absolute Gasteiger partial charge is 0.310 e. The Bertz CT molecular complexity index is 756. The van der Waals surface area contributed by atoms with Gasteiger partial charge in [-0.3, -0.25) is 0 Å². The van der Waals surface area contributed by atoms with Crippen LogP contribution in [0.4, 0.5) is 0 Å². The van der Waals surface area contributed by atoms with Gasteiger partial charge in [-0.25, -0.2) is 9.82 Å². The van der Waals surface area contributed by atoms with Gasteiger partial charge >= 0.3 is 5.09 Å². The summed E-state index contributed by atoms with van der Waals surface area (Å²) in [4.78, 5) is 19.3. The van der Waals surface area contributed by atoms with Crippen molar-refractivity contribution in [3.63, 3.8) is 0 Å². The molecule has 2 unspecified atom stereocenters. The van der Waals surface area contributed by atoms with Crippen molar-refractivity contribution in [1.82, 2.24) is 9.55 Å². The predicted molar refractivity (Wildman–Crippen MR) is 106 cm³/mol. The molecule has 2 heterocycles. The minimum absolute atomic E-state index is 0.0296. The van der Waals surface area contributed by atoms with E-state index in [-0.39, 0.29) is 10.1 Å². The van der Waals surface area contributed by atoms with Crippen molar-refractivity contribution in [3.05, 3.63) is 57.4 Å². The number of hydrogen-bond acceptors (Lipinski definition) is 6. The Morgan fingerprint density at radius 3 is 2.88 bits per heavy atom. The van der Waals surface area contributed by atoms with Crippen LogP contribution in [0.25, 0.3) is 0 Å². The molecule has 0 saturated carbocycles. The van der Waals surface area contributed by atoms with E-state index in [0.717, 1.165) is 30.0 Å². The van der Waals surface area contributed by atoms with Crippen molar-refractivity contribution in [3.8, 4) is 6.01 Å². The van der Waals surface area contributed by atoms with Crippen LogP contribution in [-0.2, 0) is 13.0 Å². The van der Waals surface area contributed by atoms with E-state index in [1.54, 1.807) is 10.8 Å². The fourth-order valence-corrected chi connectivity index (χ4v) is 6.83. The fraction of sp³-hybridized carbons (Fsp3) is 0.471. The number of benzene rings is 1. The lowest BCUT2D eigenvalue weighted by Gasteiger charge is -2.29. The summed E-state index contributed by atoms with van der Waals surface area (Å²) in [7, 11) is 0. The zero-order valence-electron chi connectivity index (χ0n) is 14.3. The minimum Gasteiger partial charge on any atom is -0.310 e. The molecule has 1 aliphatic rings. The summed E-state index contributed by atoms with van der Waals surface area (Å²) in [6, 6.07) is 7.95. The molecule has 26 heavy (non-hydrogen) atoms. The second-order valence-electron chi connectivity index (χ2n) is 6.15. The van der Waals surface area contributed by atoms with Crippen LogP contribution < -0.4 is 4.84 Å². The molecule has 1 aliphatic heterocycles. The lowest BCUT2D eigenvalue weighted by molar-refractivity contribution is -0.713. The van der Waals surface area contributed by atoms with Gasteiger partial charge < -0.3 is 4.57 Å². The van der Waals surface area contributed by atoms with Gasteiger partial charge in [0.1, 0.15) is 0 Å². The van der Waals surface area contributed by atoms with Crippen molar-refractivity contribution in [2.45, 2.75) is 42.1 Å². The number of aromatic nitrogens is 2. The number of halogens is 1. The molecule has 0 radical (unpaired) electrons. The third-order valence-electron chi connectivity index (χ3n) is 4.32. The van der Waals surface area contributed by atoms with Crippen LogP contribution in [0.3, 0.4) is 0 Å². The van der Waals surface area contributed by atoms with Crippen LogP contribution in [0.2, 0.25) is 5.02 Å². The molecule has 1 saturated heterocycles. The summed E-state index contributed by atoms with van der Waals surface area (Å²) in [6.07, 6.45) is 6.27. The molecule has 0 N–H and O–H groups in total. The first-order valence-corrected chi connectivity index (χ1v) is 10.6. The summed E-state index contributed by atoms with van der Waals surface area (Å²) in [5, 5.41) is 11.2. The van der Waals surface area contributed by atoms with Crippen LogP contribution in [-0.4, -0.2) is 29.7 Å². The van der Waals surface area contributed by atoms with E-state index in [9.17, 15) is 10.1 Å². The van der Waals surface area contributed by atoms with Gasteiger partial charge in [-0.05, 0) is 37.0 Å². The number of nitrogens with zero attached hydrogens (tertiary/aromatic N) is 3. The third kappa shape index (κ3) is 4.86. The summed E-state index contributed by atoms with van der Waals surface area (Å²) >= 11 is 9.87. The molecule has 2 aromatic rings. The van der Waals surface area contributed by atoms with Crippen LogP contribution in [0.15, 0.2) is 36.7 Å². The Morgan fingerprint density at radius 1 is 1.46 bits per heavy atom. The minimum atomic E-state index is -0.816. The topological polar surface area (TPSA) is 70.2 Å². The summed E-state index contributed by atoms with van der Waals surface area (Å²) < 4.78 is 1.68. The Hall–Kier alpha value is -1.38. The molecular weight excluding hydrogens is 394 g/mol. The number of rotatable bonds is 8. The highest BCUT2D eigenvalue weighted by molar-refractivity contribution is 8.21. The van der Waals surface area contributed by atoms with Gasteiger partial charge in [0, 0.05) is 35.0 Å². The lowest BCUT2D eigenvalue weighted by Crippen LogP contribution is -2.26. The average Bonchev–Trinajstić information content (AvgIpc) is 3.22. The first kappa shape index (κ1) is 19.4. The van der Waals surface area contributed by atoms with E-state index in [1.165, 1.54) is 11.8 Å². The van der Waals surface area contributed by atoms with E-state index >= 15 is 0 Å². The van der Waals surface area contributed by atoms with Crippen molar-refractivity contribution in [2.75, 3.05) is 5.75 Å². The molecule has 0 aliphatic carbocycles. The maximum absolute atomic E-state index is 10.7. The van der Waals surface area contributed by atoms with Crippen molar-refractivity contribution < 1.29 is 9.92 Å². The first-order chi connectivity index (χ1) is 12.5. The van der Waals surface area contributed by atoms with Crippen molar-refractivity contribution in [1.29, 1.82) is 0 Å². The monoisotopic (exact) mass is 413 g/mol. The van der Waals surface area contributed by atoms with Gasteiger partial charge in [-0.1, -0.05) is 30.7 Å². The standard InChI is InChI=1S/C17H20ClN3O3S2/c1-2-15-11-25-17(26-15,8-7-13-3-5-14(18)6-4-13)12-20-10-9-19-16(20)24-21(22)23/h3-6,9-10,15H,2,7-8,11-12H2,1H3. The zero-order valence-corrected chi connectivity index (χ0v) is 16.7. The third-order valence-corrected chi connectivity index (χ3v) is 8.45. The van der Waals surface area contributed by atoms with Gasteiger partial charge in [0.05, 0.1) is 4.08 Å². The van der Waals surface area contributed by atoms with Crippen molar-refractivity contribution in [2.24, 2.45) is 0 Å². The highest BCUT2D eigenvalue weighted by Crippen LogP contribution is 2.53. The fourth-order valence-electron chi connectivity index (χ4n) is 2.93. The zero-order chi connectivity index (χ0) is 18.6. The molecule has 0 bridgehead atoms. The van der Waals surface area contributed by atoms with Crippen LogP contribution in [0.1, 0.15) is 25.3 Å². The molecule has 6 nitrogen and oxygen atoms in total. The highest BCUT2D eigenvalue weighted by Gasteiger charge is 2.40. The number of thioether (sulfide) groups is 2. The van der Waals surface area contributed by atoms with Crippen LogP contribution in [0.5, 0.6) is 6.01 Å². The smallest absolute Gasteiger partial charge is 0.302 e. The molecule has 1 fully saturated rings. The average molecular weight is 414 g/mol. The Morgan fingerprint density at radius 2 is 2.23 bits per heavy atom. The maximum Gasteiger partial charge on any atom is 0.302 e. The predicted octanol–water partition coefficient (Wildman–Crippen LogP) is 4.69. The van der Waals surface area contributed by atoms with E-state index in [1.807, 2.05) is 35.7 Å². The lowest BCUT2D eigenvalue weighted by atomic mass is 10.1. The van der Waals surface area contributed by atoms with E-state index in [4.69, 9.17) is 11.6 Å². The molecule has 3 rings (SSSR count). The second kappa shape index (κ2) is 8.54. The van der Waals surface area contributed by atoms with Crippen LogP contribution in [0, 0.1) is 10.1 Å². The van der Waals surface area contributed by atoms with Gasteiger partial charge in [0.2, 0.25) is 0 Å². The molecule has 0 spiro atoms. The normalized spacial score (nSPS) is 22.5. The number of hydrogen-bond donors (Lipinski definition) is 0. The van der Waals surface area contributed by atoms with Gasteiger partial charge in [-0.2, -0.15) is 0 Å². The van der Waals surface area contributed by atoms with Crippen molar-refractivity contribution >= 4 is 35.1 Å². The molecule has 140 valence electrons. The molecule has 1 aromatic carbocycles. The molecule has 1 aromatic heterocycles. The van der Waals surface area contributed by atoms with Gasteiger partial charge in [-0.15, -0.1) is 33.6 Å². The van der Waals surface area contributed by atoms with E-state index in [0.29, 0.717) is 11.8 Å². The Kier molecular flexibility index (Phi) is 6.37. The Labute approximate surface area is 165 Å². The molecular formula is C17H20ClN3O3S2. The van der Waals surface area contributed by atoms with E-state index < -0.39 is 5.09 Å². The van der Waals surface area contributed by atoms with Gasteiger partial charge in [0.25, 0.3) is 6.01 Å². The maximum atomic E-state index is 10.7. The second-order valence-corrected chi connectivity index (χ2v) is 9.93.